The second kappa shape index (κ2) is 7.05. The lowest BCUT2D eigenvalue weighted by atomic mass is 10.1. The molecule has 0 spiro atoms. The van der Waals surface area contributed by atoms with Gasteiger partial charge < -0.3 is 9.64 Å². The van der Waals surface area contributed by atoms with E-state index in [1.807, 2.05) is 47.7 Å². The number of hydrogen-bond acceptors (Lipinski definition) is 5. The van der Waals surface area contributed by atoms with E-state index in [2.05, 4.69) is 25.0 Å². The molecule has 0 N–H and O–H groups in total. The second-order valence-electron chi connectivity index (χ2n) is 7.45. The maximum Gasteiger partial charge on any atom is 0.274 e. The number of rotatable bonds is 3. The molecular formula is C20H24N4O2S. The van der Waals surface area contributed by atoms with E-state index in [9.17, 15) is 4.79 Å². The van der Waals surface area contributed by atoms with Crippen LogP contribution in [0.1, 0.15) is 49.8 Å². The third-order valence-corrected chi connectivity index (χ3v) is 5.73. The van der Waals surface area contributed by atoms with Gasteiger partial charge in [-0.15, -0.1) is 0 Å². The van der Waals surface area contributed by atoms with E-state index >= 15 is 0 Å². The van der Waals surface area contributed by atoms with Crippen molar-refractivity contribution in [2.75, 3.05) is 13.1 Å². The molecule has 7 heteroatoms. The second-order valence-corrected chi connectivity index (χ2v) is 8.46. The molecule has 1 fully saturated rings. The van der Waals surface area contributed by atoms with Crippen molar-refractivity contribution in [3.63, 3.8) is 0 Å². The van der Waals surface area contributed by atoms with E-state index < -0.39 is 0 Å². The largest absolute Gasteiger partial charge is 0.372 e. The highest BCUT2D eigenvalue weighted by molar-refractivity contribution is 7.20. The molecule has 1 aliphatic rings. The topological polar surface area (TPSA) is 60.3 Å². The Balaban J connectivity index is 1.71. The van der Waals surface area contributed by atoms with Crippen molar-refractivity contribution in [2.24, 2.45) is 0 Å². The average molecular weight is 385 g/mol. The van der Waals surface area contributed by atoms with Crippen molar-refractivity contribution >= 4 is 27.5 Å². The van der Waals surface area contributed by atoms with Gasteiger partial charge in [0.2, 0.25) is 5.13 Å². The number of hydrogen-bond donors (Lipinski definition) is 0. The Morgan fingerprint density at radius 1 is 1.22 bits per heavy atom. The van der Waals surface area contributed by atoms with Gasteiger partial charge in [-0.3, -0.25) is 4.79 Å². The maximum absolute atomic E-state index is 13.1. The Morgan fingerprint density at radius 2 is 1.93 bits per heavy atom. The smallest absolute Gasteiger partial charge is 0.274 e. The molecule has 1 aromatic carbocycles. The van der Waals surface area contributed by atoms with Gasteiger partial charge in [-0.1, -0.05) is 37.3 Å². The monoisotopic (exact) mass is 384 g/mol. The molecule has 1 aliphatic heterocycles. The maximum atomic E-state index is 13.1. The van der Waals surface area contributed by atoms with Crippen molar-refractivity contribution in [1.82, 2.24) is 19.7 Å². The van der Waals surface area contributed by atoms with Crippen molar-refractivity contribution in [1.29, 1.82) is 0 Å². The first kappa shape index (κ1) is 18.1. The normalized spacial score (nSPS) is 20.6. The molecule has 1 saturated heterocycles. The zero-order valence-corrected chi connectivity index (χ0v) is 16.9. The van der Waals surface area contributed by atoms with Gasteiger partial charge in [0.15, 0.2) is 5.69 Å². The molecular weight excluding hydrogens is 360 g/mol. The van der Waals surface area contributed by atoms with E-state index in [1.54, 1.807) is 11.3 Å². The van der Waals surface area contributed by atoms with Crippen LogP contribution in [0.25, 0.3) is 15.3 Å². The highest BCUT2D eigenvalue weighted by Gasteiger charge is 2.29. The van der Waals surface area contributed by atoms with Gasteiger partial charge in [-0.25, -0.2) is 9.67 Å². The van der Waals surface area contributed by atoms with E-state index in [1.165, 1.54) is 0 Å². The fourth-order valence-electron chi connectivity index (χ4n) is 3.52. The number of carbonyl (C=O) groups is 1. The molecule has 0 bridgehead atoms. The summed E-state index contributed by atoms with van der Waals surface area (Å²) in [5, 5.41) is 5.45. The average Bonchev–Trinajstić information content (AvgIpc) is 3.24. The third-order valence-electron chi connectivity index (χ3n) is 4.72. The lowest BCUT2D eigenvalue weighted by Crippen LogP contribution is -2.48. The molecule has 0 saturated carbocycles. The van der Waals surface area contributed by atoms with Crippen LogP contribution < -0.4 is 0 Å². The number of carbonyl (C=O) groups excluding carboxylic acids is 1. The first-order chi connectivity index (χ1) is 12.9. The number of benzene rings is 1. The van der Waals surface area contributed by atoms with Crippen LogP contribution in [0.2, 0.25) is 0 Å². The minimum absolute atomic E-state index is 0.0358. The molecule has 3 heterocycles. The van der Waals surface area contributed by atoms with Crippen molar-refractivity contribution in [3.8, 4) is 5.13 Å². The van der Waals surface area contributed by atoms with Crippen molar-refractivity contribution < 1.29 is 9.53 Å². The Morgan fingerprint density at radius 3 is 2.59 bits per heavy atom. The van der Waals surface area contributed by atoms with Crippen LogP contribution in [-0.2, 0) is 4.74 Å². The molecule has 142 valence electrons. The summed E-state index contributed by atoms with van der Waals surface area (Å²) in [6.07, 6.45) is 0.0715. The number of morpholine rings is 1. The molecule has 4 rings (SSSR count). The number of ether oxygens (including phenoxy) is 1. The Bertz CT molecular complexity index is 934. The van der Waals surface area contributed by atoms with Gasteiger partial charge in [0.1, 0.15) is 0 Å². The first-order valence-electron chi connectivity index (χ1n) is 9.33. The summed E-state index contributed by atoms with van der Waals surface area (Å²) in [6, 6.07) is 9.94. The first-order valence-corrected chi connectivity index (χ1v) is 10.1. The predicted octanol–water partition coefficient (Wildman–Crippen LogP) is 3.85. The van der Waals surface area contributed by atoms with E-state index in [4.69, 9.17) is 9.72 Å². The quantitative estimate of drug-likeness (QED) is 0.688. The summed E-state index contributed by atoms with van der Waals surface area (Å²) in [5.74, 6) is 0.187. The van der Waals surface area contributed by atoms with Crippen molar-refractivity contribution in [2.45, 2.75) is 45.8 Å². The number of aromatic nitrogens is 3. The van der Waals surface area contributed by atoms with E-state index in [0.717, 1.165) is 21.0 Å². The molecule has 1 amide bonds. The van der Waals surface area contributed by atoms with Gasteiger partial charge >= 0.3 is 0 Å². The molecule has 0 unspecified atom stereocenters. The minimum atomic E-state index is -0.0428. The lowest BCUT2D eigenvalue weighted by molar-refractivity contribution is -0.0587. The Kier molecular flexibility index (Phi) is 4.74. The van der Waals surface area contributed by atoms with Crippen LogP contribution in [0.15, 0.2) is 30.3 Å². The van der Waals surface area contributed by atoms with Gasteiger partial charge in [0, 0.05) is 13.1 Å². The molecule has 2 aromatic heterocycles. The summed E-state index contributed by atoms with van der Waals surface area (Å²) < 4.78 is 8.69. The summed E-state index contributed by atoms with van der Waals surface area (Å²) >= 11 is 1.59. The predicted molar refractivity (Wildman–Crippen MR) is 107 cm³/mol. The third kappa shape index (κ3) is 3.49. The number of fused-ring (bicyclic) bond motifs is 1. The number of thiazole rings is 1. The molecule has 2 atom stereocenters. The van der Waals surface area contributed by atoms with Crippen LogP contribution in [0.5, 0.6) is 0 Å². The minimum Gasteiger partial charge on any atom is -0.372 e. The van der Waals surface area contributed by atoms with E-state index in [0.29, 0.717) is 18.8 Å². The summed E-state index contributed by atoms with van der Waals surface area (Å²) in [5.41, 5.74) is 2.41. The van der Waals surface area contributed by atoms with Crippen molar-refractivity contribution in [3.05, 3.63) is 41.7 Å². The number of nitrogens with zero attached hydrogens (tertiary/aromatic N) is 4. The molecule has 0 radical (unpaired) electrons. The zero-order chi connectivity index (χ0) is 19.1. The van der Waals surface area contributed by atoms with Crippen LogP contribution in [0.4, 0.5) is 0 Å². The molecule has 27 heavy (non-hydrogen) atoms. The standard InChI is InChI=1S/C20H24N4O2S/c1-12(2)17-9-16(19(25)23-10-13(3)26-14(4)11-23)22-24(17)20-21-15-7-5-6-8-18(15)27-20/h5-9,12-14H,10-11H2,1-4H3/t13-,14-/m1/s1. The van der Waals surface area contributed by atoms with Crippen LogP contribution in [-0.4, -0.2) is 50.9 Å². The van der Waals surface area contributed by atoms with Gasteiger partial charge in [0.25, 0.3) is 5.91 Å². The SMILES string of the molecule is CC(C)c1cc(C(=O)N2C[C@@H](C)O[C@H](C)C2)nn1-c1nc2ccccc2s1. The van der Waals surface area contributed by atoms with Crippen LogP contribution in [0, 0.1) is 0 Å². The molecule has 6 nitrogen and oxygen atoms in total. The van der Waals surface area contributed by atoms with Gasteiger partial charge in [-0.05, 0) is 38.0 Å². The summed E-state index contributed by atoms with van der Waals surface area (Å²) in [6.45, 7) is 9.38. The molecule has 3 aromatic rings. The van der Waals surface area contributed by atoms with Gasteiger partial charge in [-0.2, -0.15) is 5.10 Å². The van der Waals surface area contributed by atoms with Crippen LogP contribution >= 0.6 is 11.3 Å². The fraction of sp³-hybridized carbons (Fsp3) is 0.450. The highest BCUT2D eigenvalue weighted by Crippen LogP contribution is 2.28. The summed E-state index contributed by atoms with van der Waals surface area (Å²) in [4.78, 5) is 19.6. The van der Waals surface area contributed by atoms with E-state index in [-0.39, 0.29) is 24.0 Å². The number of para-hydroxylation sites is 1. The van der Waals surface area contributed by atoms with Gasteiger partial charge in [0.05, 0.1) is 28.1 Å². The fourth-order valence-corrected chi connectivity index (χ4v) is 4.46. The Labute approximate surface area is 162 Å². The lowest BCUT2D eigenvalue weighted by Gasteiger charge is -2.34. The molecule has 0 aliphatic carbocycles. The zero-order valence-electron chi connectivity index (χ0n) is 16.0. The Hall–Kier alpha value is -2.25. The number of amides is 1. The highest BCUT2D eigenvalue weighted by atomic mass is 32.1. The van der Waals surface area contributed by atoms with Crippen LogP contribution in [0.3, 0.4) is 0 Å². The summed E-state index contributed by atoms with van der Waals surface area (Å²) in [7, 11) is 0.